The summed E-state index contributed by atoms with van der Waals surface area (Å²) in [7, 11) is 1.72. The molecule has 0 aliphatic carbocycles. The van der Waals surface area contributed by atoms with Crippen molar-refractivity contribution in [1.82, 2.24) is 10.2 Å². The number of ether oxygens (including phenoxy) is 2. The second kappa shape index (κ2) is 7.99. The molecule has 5 nitrogen and oxygen atoms in total. The van der Waals surface area contributed by atoms with E-state index in [0.717, 1.165) is 25.9 Å². The van der Waals surface area contributed by atoms with Gasteiger partial charge in [-0.1, -0.05) is 0 Å². The van der Waals surface area contributed by atoms with Crippen LogP contribution in [0, 0.1) is 0 Å². The van der Waals surface area contributed by atoms with E-state index in [4.69, 9.17) is 9.47 Å². The van der Waals surface area contributed by atoms with Crippen molar-refractivity contribution in [2.45, 2.75) is 77.7 Å². The molecule has 3 atom stereocenters. The van der Waals surface area contributed by atoms with Gasteiger partial charge >= 0.3 is 6.09 Å². The molecule has 3 unspecified atom stereocenters. The van der Waals surface area contributed by atoms with Gasteiger partial charge in [0.25, 0.3) is 0 Å². The number of hydrogen-bond acceptors (Lipinski definition) is 4. The zero-order valence-corrected chi connectivity index (χ0v) is 14.4. The van der Waals surface area contributed by atoms with Crippen LogP contribution in [-0.4, -0.2) is 55.0 Å². The minimum atomic E-state index is -0.440. The van der Waals surface area contributed by atoms with Crippen molar-refractivity contribution in [1.29, 1.82) is 0 Å². The van der Waals surface area contributed by atoms with Crippen molar-refractivity contribution in [3.63, 3.8) is 0 Å². The summed E-state index contributed by atoms with van der Waals surface area (Å²) < 4.78 is 10.8. The summed E-state index contributed by atoms with van der Waals surface area (Å²) >= 11 is 0. The van der Waals surface area contributed by atoms with Crippen LogP contribution < -0.4 is 5.32 Å². The van der Waals surface area contributed by atoms with Crippen LogP contribution in [0.1, 0.15) is 53.9 Å². The first kappa shape index (κ1) is 18.2. The molecule has 21 heavy (non-hydrogen) atoms. The quantitative estimate of drug-likeness (QED) is 0.848. The van der Waals surface area contributed by atoms with E-state index in [9.17, 15) is 4.79 Å². The van der Waals surface area contributed by atoms with Gasteiger partial charge in [-0.05, 0) is 53.9 Å². The van der Waals surface area contributed by atoms with Crippen molar-refractivity contribution < 1.29 is 14.3 Å². The highest BCUT2D eigenvalue weighted by Gasteiger charge is 2.30. The number of carbonyl (C=O) groups is 1. The lowest BCUT2D eigenvalue weighted by molar-refractivity contribution is 0.00874. The van der Waals surface area contributed by atoms with Crippen LogP contribution in [0.3, 0.4) is 0 Å². The largest absolute Gasteiger partial charge is 0.444 e. The van der Waals surface area contributed by atoms with Crippen LogP contribution >= 0.6 is 0 Å². The molecule has 1 N–H and O–H groups in total. The summed E-state index contributed by atoms with van der Waals surface area (Å²) in [4.78, 5) is 14.2. The maximum absolute atomic E-state index is 12.3. The van der Waals surface area contributed by atoms with Crippen molar-refractivity contribution in [2.75, 3.05) is 20.2 Å². The van der Waals surface area contributed by atoms with Gasteiger partial charge in [-0.25, -0.2) is 4.79 Å². The third-order valence-electron chi connectivity index (χ3n) is 4.01. The lowest BCUT2D eigenvalue weighted by atomic mass is 10.0. The third-order valence-corrected chi connectivity index (χ3v) is 4.01. The van der Waals surface area contributed by atoms with Crippen molar-refractivity contribution in [3.05, 3.63) is 0 Å². The van der Waals surface area contributed by atoms with E-state index in [-0.39, 0.29) is 24.3 Å². The highest BCUT2D eigenvalue weighted by molar-refractivity contribution is 5.68. The predicted octanol–water partition coefficient (Wildman–Crippen LogP) is 2.79. The minimum absolute atomic E-state index is 0.156. The molecule has 0 aromatic heterocycles. The summed E-state index contributed by atoms with van der Waals surface area (Å²) in [6.07, 6.45) is 3.21. The zero-order valence-electron chi connectivity index (χ0n) is 14.4. The summed E-state index contributed by atoms with van der Waals surface area (Å²) in [6, 6.07) is 0.470. The number of amides is 1. The van der Waals surface area contributed by atoms with E-state index in [1.807, 2.05) is 32.6 Å². The molecule has 0 spiro atoms. The number of nitrogens with zero attached hydrogens (tertiary/aromatic N) is 1. The molecule has 1 heterocycles. The smallest absolute Gasteiger partial charge is 0.410 e. The first-order valence-corrected chi connectivity index (χ1v) is 8.00. The van der Waals surface area contributed by atoms with Crippen molar-refractivity contribution in [3.8, 4) is 0 Å². The molecule has 1 rings (SSSR count). The fourth-order valence-corrected chi connectivity index (χ4v) is 2.47. The number of rotatable bonds is 5. The fraction of sp³-hybridized carbons (Fsp3) is 0.938. The Morgan fingerprint density at radius 1 is 1.33 bits per heavy atom. The molecular weight excluding hydrogens is 268 g/mol. The van der Waals surface area contributed by atoms with Gasteiger partial charge in [0.15, 0.2) is 0 Å². The summed E-state index contributed by atoms with van der Waals surface area (Å²) in [5, 5.41) is 3.48. The van der Waals surface area contributed by atoms with Gasteiger partial charge in [0.05, 0.1) is 6.10 Å². The van der Waals surface area contributed by atoms with Gasteiger partial charge in [0.2, 0.25) is 0 Å². The van der Waals surface area contributed by atoms with Gasteiger partial charge in [0, 0.05) is 32.3 Å². The molecule has 0 aromatic rings. The van der Waals surface area contributed by atoms with E-state index in [1.54, 1.807) is 7.11 Å². The molecule has 124 valence electrons. The SMILES string of the molecule is COC(C)C(C)NCC1CCCCN1C(=O)OC(C)(C)C. The first-order chi connectivity index (χ1) is 9.74. The Morgan fingerprint density at radius 2 is 2.00 bits per heavy atom. The third kappa shape index (κ3) is 6.22. The molecule has 1 fully saturated rings. The van der Waals surface area contributed by atoms with Gasteiger partial charge in [-0.2, -0.15) is 0 Å². The van der Waals surface area contributed by atoms with E-state index >= 15 is 0 Å². The highest BCUT2D eigenvalue weighted by atomic mass is 16.6. The van der Waals surface area contributed by atoms with E-state index in [1.165, 1.54) is 6.42 Å². The van der Waals surface area contributed by atoms with Gasteiger partial charge in [0.1, 0.15) is 5.60 Å². The monoisotopic (exact) mass is 300 g/mol. The van der Waals surface area contributed by atoms with Crippen LogP contribution in [0.2, 0.25) is 0 Å². The lowest BCUT2D eigenvalue weighted by Crippen LogP contribution is -2.52. The van der Waals surface area contributed by atoms with E-state index < -0.39 is 5.60 Å². The maximum Gasteiger partial charge on any atom is 0.410 e. The maximum atomic E-state index is 12.3. The van der Waals surface area contributed by atoms with Crippen molar-refractivity contribution in [2.24, 2.45) is 0 Å². The Morgan fingerprint density at radius 3 is 2.57 bits per heavy atom. The van der Waals surface area contributed by atoms with E-state index in [0.29, 0.717) is 0 Å². The molecule has 1 saturated heterocycles. The number of methoxy groups -OCH3 is 1. The van der Waals surface area contributed by atoms with Crippen LogP contribution in [0.15, 0.2) is 0 Å². The van der Waals surface area contributed by atoms with E-state index in [2.05, 4.69) is 12.2 Å². The standard InChI is InChI=1S/C16H32N2O3/c1-12(13(2)20-6)17-11-14-9-7-8-10-18(14)15(19)21-16(3,4)5/h12-14,17H,7-11H2,1-6H3. The molecule has 0 saturated carbocycles. The topological polar surface area (TPSA) is 50.8 Å². The number of likely N-dealkylation sites (tertiary alicyclic amines) is 1. The summed E-state index contributed by atoms with van der Waals surface area (Å²) in [5.74, 6) is 0. The van der Waals surface area contributed by atoms with Crippen LogP contribution in [0.25, 0.3) is 0 Å². The predicted molar refractivity (Wildman–Crippen MR) is 84.5 cm³/mol. The second-order valence-electron chi connectivity index (χ2n) is 6.96. The number of carbonyl (C=O) groups excluding carboxylic acids is 1. The fourth-order valence-electron chi connectivity index (χ4n) is 2.47. The number of hydrogen-bond donors (Lipinski definition) is 1. The molecular formula is C16H32N2O3. The summed E-state index contributed by atoms with van der Waals surface area (Å²) in [5.41, 5.74) is -0.440. The highest BCUT2D eigenvalue weighted by Crippen LogP contribution is 2.20. The molecule has 1 amide bonds. The molecule has 1 aliphatic rings. The lowest BCUT2D eigenvalue weighted by Gasteiger charge is -2.37. The molecule has 0 bridgehead atoms. The Hall–Kier alpha value is -0.810. The van der Waals surface area contributed by atoms with Crippen LogP contribution in [-0.2, 0) is 9.47 Å². The van der Waals surface area contributed by atoms with Crippen LogP contribution in [0.4, 0.5) is 4.79 Å². The minimum Gasteiger partial charge on any atom is -0.444 e. The average molecular weight is 300 g/mol. The number of piperidine rings is 1. The molecule has 0 aromatic carbocycles. The Bertz CT molecular complexity index is 328. The average Bonchev–Trinajstić information content (AvgIpc) is 2.42. The van der Waals surface area contributed by atoms with Crippen molar-refractivity contribution >= 4 is 6.09 Å². The molecule has 5 heteroatoms. The van der Waals surface area contributed by atoms with Gasteiger partial charge < -0.3 is 19.7 Å². The number of nitrogens with one attached hydrogen (secondary N) is 1. The molecule has 1 aliphatic heterocycles. The Kier molecular flexibility index (Phi) is 6.94. The normalized spacial score (nSPS) is 22.8. The zero-order chi connectivity index (χ0) is 16.0. The second-order valence-corrected chi connectivity index (χ2v) is 6.96. The van der Waals surface area contributed by atoms with Gasteiger partial charge in [-0.15, -0.1) is 0 Å². The van der Waals surface area contributed by atoms with Crippen LogP contribution in [0.5, 0.6) is 0 Å². The summed E-state index contributed by atoms with van der Waals surface area (Å²) in [6.45, 7) is 11.4. The Labute approximate surface area is 129 Å². The molecule has 0 radical (unpaired) electrons. The Balaban J connectivity index is 2.55. The first-order valence-electron chi connectivity index (χ1n) is 8.00. The van der Waals surface area contributed by atoms with Gasteiger partial charge in [-0.3, -0.25) is 0 Å².